The molecule has 24 heavy (non-hydrogen) atoms. The number of rotatable bonds is 5. The first kappa shape index (κ1) is 16.6. The number of carbonyl (C=O) groups is 1. The van der Waals surface area contributed by atoms with Gasteiger partial charge in [0.15, 0.2) is 0 Å². The van der Waals surface area contributed by atoms with Gasteiger partial charge in [0.1, 0.15) is 5.76 Å². The van der Waals surface area contributed by atoms with Crippen molar-refractivity contribution in [2.45, 2.75) is 39.3 Å². The quantitative estimate of drug-likeness (QED) is 0.898. The Balaban J connectivity index is 1.71. The minimum Gasteiger partial charge on any atom is -0.467 e. The number of nitrogens with one attached hydrogen (secondary N) is 1. The monoisotopic (exact) mass is 328 g/mol. The summed E-state index contributed by atoms with van der Waals surface area (Å²) in [6.45, 7) is 5.82. The number of furan rings is 1. The highest BCUT2D eigenvalue weighted by Crippen LogP contribution is 2.19. The molecule has 1 saturated heterocycles. The molecule has 1 aromatic carbocycles. The van der Waals surface area contributed by atoms with Gasteiger partial charge in [0.2, 0.25) is 0 Å². The molecule has 0 bridgehead atoms. The number of amides is 2. The molecule has 3 rings (SSSR count). The number of benzene rings is 1. The van der Waals surface area contributed by atoms with Crippen molar-refractivity contribution < 1.29 is 13.9 Å². The normalized spacial score (nSPS) is 17.0. The van der Waals surface area contributed by atoms with Gasteiger partial charge < -0.3 is 19.4 Å². The average molecular weight is 328 g/mol. The van der Waals surface area contributed by atoms with Crippen LogP contribution in [0.5, 0.6) is 0 Å². The van der Waals surface area contributed by atoms with Gasteiger partial charge in [-0.3, -0.25) is 0 Å². The Kier molecular flexibility index (Phi) is 5.20. The van der Waals surface area contributed by atoms with Crippen LogP contribution in [0.25, 0.3) is 0 Å². The molecule has 1 aliphatic rings. The van der Waals surface area contributed by atoms with Crippen molar-refractivity contribution in [3.63, 3.8) is 0 Å². The lowest BCUT2D eigenvalue weighted by atomic mass is 10.1. The van der Waals surface area contributed by atoms with E-state index in [1.165, 1.54) is 5.56 Å². The maximum Gasteiger partial charge on any atom is 0.322 e. The number of hydrogen-bond acceptors (Lipinski definition) is 3. The molecule has 2 amide bonds. The minimum atomic E-state index is -0.131. The second-order valence-electron chi connectivity index (χ2n) is 6.34. The molecule has 5 nitrogen and oxygen atoms in total. The van der Waals surface area contributed by atoms with E-state index in [4.69, 9.17) is 9.15 Å². The number of urea groups is 1. The second-order valence-corrected chi connectivity index (χ2v) is 6.34. The molecule has 1 atom stereocenters. The molecule has 1 aliphatic heterocycles. The first-order chi connectivity index (χ1) is 11.6. The molecule has 2 aromatic rings. The molecule has 1 fully saturated rings. The van der Waals surface area contributed by atoms with Crippen LogP contribution in [-0.2, 0) is 11.3 Å². The Hall–Kier alpha value is -2.27. The van der Waals surface area contributed by atoms with E-state index in [9.17, 15) is 4.79 Å². The molecule has 0 saturated carbocycles. The highest BCUT2D eigenvalue weighted by Gasteiger charge is 2.23. The average Bonchev–Trinajstić information content (AvgIpc) is 3.23. The van der Waals surface area contributed by atoms with Gasteiger partial charge >= 0.3 is 6.03 Å². The summed E-state index contributed by atoms with van der Waals surface area (Å²) >= 11 is 0. The zero-order valence-corrected chi connectivity index (χ0v) is 14.2. The third-order valence-electron chi connectivity index (χ3n) is 4.29. The van der Waals surface area contributed by atoms with Crippen molar-refractivity contribution in [3.05, 3.63) is 53.5 Å². The second kappa shape index (κ2) is 7.53. The lowest BCUT2D eigenvalue weighted by Crippen LogP contribution is -2.39. The lowest BCUT2D eigenvalue weighted by Gasteiger charge is -2.25. The first-order valence-electron chi connectivity index (χ1n) is 8.39. The van der Waals surface area contributed by atoms with Gasteiger partial charge in [-0.05, 0) is 50.5 Å². The van der Waals surface area contributed by atoms with Crippen LogP contribution in [0, 0.1) is 13.8 Å². The van der Waals surface area contributed by atoms with E-state index in [2.05, 4.69) is 11.4 Å². The van der Waals surface area contributed by atoms with Crippen molar-refractivity contribution in [3.8, 4) is 0 Å². The van der Waals surface area contributed by atoms with Crippen molar-refractivity contribution >= 4 is 11.7 Å². The minimum absolute atomic E-state index is 0.102. The molecule has 5 heteroatoms. The standard InChI is InChI=1S/C19H24N2O3/c1-14-7-8-18(15(2)11-14)20-19(22)21(12-16-5-3-9-23-16)13-17-6-4-10-24-17/h3,5,7-9,11,17H,4,6,10,12-13H2,1-2H3,(H,20,22). The Morgan fingerprint density at radius 3 is 2.88 bits per heavy atom. The molecular weight excluding hydrogens is 304 g/mol. The van der Waals surface area contributed by atoms with E-state index >= 15 is 0 Å². The van der Waals surface area contributed by atoms with Crippen molar-refractivity contribution in [1.29, 1.82) is 0 Å². The van der Waals surface area contributed by atoms with Gasteiger partial charge in [-0.25, -0.2) is 4.79 Å². The summed E-state index contributed by atoms with van der Waals surface area (Å²) < 4.78 is 11.1. The summed E-state index contributed by atoms with van der Waals surface area (Å²) in [7, 11) is 0. The Morgan fingerprint density at radius 2 is 2.21 bits per heavy atom. The maximum absolute atomic E-state index is 12.8. The zero-order valence-electron chi connectivity index (χ0n) is 14.2. The fourth-order valence-corrected chi connectivity index (χ4v) is 2.99. The van der Waals surface area contributed by atoms with E-state index < -0.39 is 0 Å². The molecule has 0 spiro atoms. The third-order valence-corrected chi connectivity index (χ3v) is 4.29. The van der Waals surface area contributed by atoms with Crippen molar-refractivity contribution in [1.82, 2.24) is 4.90 Å². The van der Waals surface area contributed by atoms with Crippen LogP contribution in [0.3, 0.4) is 0 Å². The molecule has 1 aromatic heterocycles. The van der Waals surface area contributed by atoms with Gasteiger partial charge in [0, 0.05) is 18.8 Å². The Labute approximate surface area is 142 Å². The van der Waals surface area contributed by atoms with Crippen molar-refractivity contribution in [2.24, 2.45) is 0 Å². The van der Waals surface area contributed by atoms with Gasteiger partial charge in [0.25, 0.3) is 0 Å². The fourth-order valence-electron chi connectivity index (χ4n) is 2.99. The van der Waals surface area contributed by atoms with Gasteiger partial charge in [-0.15, -0.1) is 0 Å². The van der Waals surface area contributed by atoms with Crippen LogP contribution in [-0.4, -0.2) is 30.2 Å². The number of hydrogen-bond donors (Lipinski definition) is 1. The SMILES string of the molecule is Cc1ccc(NC(=O)N(Cc2ccco2)CC2CCCO2)c(C)c1. The van der Waals surface area contributed by atoms with Gasteiger partial charge in [-0.1, -0.05) is 17.7 Å². The molecule has 128 valence electrons. The largest absolute Gasteiger partial charge is 0.467 e. The van der Waals surface area contributed by atoms with Crippen molar-refractivity contribution in [2.75, 3.05) is 18.5 Å². The zero-order chi connectivity index (χ0) is 16.9. The molecule has 1 N–H and O–H groups in total. The molecule has 0 radical (unpaired) electrons. The molecule has 2 heterocycles. The van der Waals surface area contributed by atoms with E-state index in [0.717, 1.165) is 36.5 Å². The summed E-state index contributed by atoms with van der Waals surface area (Å²) in [6.07, 6.45) is 3.77. The van der Waals surface area contributed by atoms with E-state index in [1.54, 1.807) is 11.2 Å². The topological polar surface area (TPSA) is 54.7 Å². The van der Waals surface area contributed by atoms with Gasteiger partial charge in [0.05, 0.1) is 18.9 Å². The van der Waals surface area contributed by atoms with Crippen LogP contribution in [0.4, 0.5) is 10.5 Å². The number of nitrogens with zero attached hydrogens (tertiary/aromatic N) is 1. The summed E-state index contributed by atoms with van der Waals surface area (Å²) in [4.78, 5) is 14.5. The van der Waals surface area contributed by atoms with Crippen LogP contribution < -0.4 is 5.32 Å². The maximum atomic E-state index is 12.8. The predicted molar refractivity (Wildman–Crippen MR) is 93.0 cm³/mol. The first-order valence-corrected chi connectivity index (χ1v) is 8.39. The molecule has 1 unspecified atom stereocenters. The number of anilines is 1. The highest BCUT2D eigenvalue weighted by molar-refractivity contribution is 5.90. The van der Waals surface area contributed by atoms with Crippen LogP contribution in [0.15, 0.2) is 41.0 Å². The fraction of sp³-hybridized carbons (Fsp3) is 0.421. The highest BCUT2D eigenvalue weighted by atomic mass is 16.5. The summed E-state index contributed by atoms with van der Waals surface area (Å²) in [6, 6.07) is 9.59. The number of carbonyl (C=O) groups excluding carboxylic acids is 1. The third kappa shape index (κ3) is 4.17. The predicted octanol–water partition coefficient (Wildman–Crippen LogP) is 4.11. The van der Waals surface area contributed by atoms with E-state index in [-0.39, 0.29) is 12.1 Å². The van der Waals surface area contributed by atoms with Crippen LogP contribution >= 0.6 is 0 Å². The Morgan fingerprint density at radius 1 is 1.33 bits per heavy atom. The smallest absolute Gasteiger partial charge is 0.322 e. The summed E-state index contributed by atoms with van der Waals surface area (Å²) in [5.74, 6) is 0.767. The van der Waals surface area contributed by atoms with Crippen LogP contribution in [0.2, 0.25) is 0 Å². The summed E-state index contributed by atoms with van der Waals surface area (Å²) in [5, 5.41) is 3.01. The number of aryl methyl sites for hydroxylation is 2. The van der Waals surface area contributed by atoms with E-state index in [0.29, 0.717) is 13.1 Å². The summed E-state index contributed by atoms with van der Waals surface area (Å²) in [5.41, 5.74) is 3.07. The lowest BCUT2D eigenvalue weighted by molar-refractivity contribution is 0.0803. The molecular formula is C19H24N2O3. The number of ether oxygens (including phenoxy) is 1. The van der Waals surface area contributed by atoms with E-state index in [1.807, 2.05) is 38.1 Å². The van der Waals surface area contributed by atoms with Crippen LogP contribution in [0.1, 0.15) is 29.7 Å². The van der Waals surface area contributed by atoms with Gasteiger partial charge in [-0.2, -0.15) is 0 Å². The molecule has 0 aliphatic carbocycles. The Bertz CT molecular complexity index is 676.